The minimum absolute atomic E-state index is 0.0743. The molecule has 250 valence electrons. The van der Waals surface area contributed by atoms with Crippen LogP contribution in [0, 0.1) is 5.41 Å². The molecule has 0 saturated carbocycles. The molecule has 2 heterocycles. The Labute approximate surface area is 286 Å². The van der Waals surface area contributed by atoms with Gasteiger partial charge in [0.15, 0.2) is 11.5 Å². The van der Waals surface area contributed by atoms with Crippen LogP contribution >= 0.6 is 0 Å². The highest BCUT2D eigenvalue weighted by atomic mass is 28.2. The molecule has 0 aliphatic carbocycles. The third-order valence-electron chi connectivity index (χ3n) is 8.95. The van der Waals surface area contributed by atoms with Crippen molar-refractivity contribution in [3.63, 3.8) is 0 Å². The first-order valence-corrected chi connectivity index (χ1v) is 18.3. The average Bonchev–Trinajstić information content (AvgIpc) is 3.12. The van der Waals surface area contributed by atoms with Gasteiger partial charge in [-0.05, 0) is 83.7 Å². The van der Waals surface area contributed by atoms with Crippen LogP contribution in [-0.4, -0.2) is 77.7 Å². The number of carbonyl (C=O) groups is 2. The molecule has 0 bridgehead atoms. The van der Waals surface area contributed by atoms with Crippen LogP contribution in [0.1, 0.15) is 52.5 Å². The Bertz CT molecular complexity index is 1810. The average molecular weight is 685 g/mol. The van der Waals surface area contributed by atoms with Crippen LogP contribution in [-0.2, 0) is 18.3 Å². The quantitative estimate of drug-likeness (QED) is 0.0895. The van der Waals surface area contributed by atoms with E-state index in [0.717, 1.165) is 12.1 Å². The van der Waals surface area contributed by atoms with E-state index in [-0.39, 0.29) is 28.7 Å². The number of hydrogen-bond donors (Lipinski definition) is 0. The summed E-state index contributed by atoms with van der Waals surface area (Å²) in [7, 11) is 6.28. The first-order valence-electron chi connectivity index (χ1n) is 15.5. The van der Waals surface area contributed by atoms with E-state index < -0.39 is 11.9 Å². The second kappa shape index (κ2) is 14.9. The summed E-state index contributed by atoms with van der Waals surface area (Å²) in [5.74, 6) is 0.470. The Kier molecular flexibility index (Phi) is 10.9. The van der Waals surface area contributed by atoms with E-state index in [1.165, 1.54) is 19.8 Å². The number of para-hydroxylation sites is 1. The number of ether oxygens (including phenoxy) is 4. The fraction of sp³-hybridized carbons (Fsp3) is 0.361. The van der Waals surface area contributed by atoms with Crippen LogP contribution in [0.5, 0.6) is 11.5 Å². The number of anilines is 2. The summed E-state index contributed by atoms with van der Waals surface area (Å²) in [6.07, 6.45) is 2.21. The zero-order valence-corrected chi connectivity index (χ0v) is 30.5. The molecule has 0 unspecified atom stereocenters. The predicted octanol–water partition coefficient (Wildman–Crippen LogP) is 6.84. The molecule has 0 N–H and O–H groups in total. The SMILES string of the molecule is COC(=O)c1cc2cc(OC)c(OC)cc2c(-c2ccnc(N3CC[C@H](C(C)(C)C(O[Si]C)O[Si]C)c4ccccc43)c2)c1C(=O)OC. The number of rotatable bonds is 12. The Morgan fingerprint density at radius 3 is 2.21 bits per heavy atom. The fourth-order valence-corrected chi connectivity index (χ4v) is 7.84. The van der Waals surface area contributed by atoms with E-state index >= 15 is 0 Å². The van der Waals surface area contributed by atoms with E-state index in [4.69, 9.17) is 32.8 Å². The number of esters is 2. The molecule has 0 fully saturated rings. The van der Waals surface area contributed by atoms with Gasteiger partial charge in [-0.25, -0.2) is 14.6 Å². The highest BCUT2D eigenvalue weighted by molar-refractivity contribution is 6.26. The zero-order chi connectivity index (χ0) is 34.6. The maximum atomic E-state index is 13.5. The van der Waals surface area contributed by atoms with Crippen LogP contribution in [0.2, 0.25) is 13.1 Å². The van der Waals surface area contributed by atoms with E-state index in [1.807, 2.05) is 31.3 Å². The molecule has 0 spiro atoms. The first kappa shape index (κ1) is 35.1. The molecule has 10 nitrogen and oxygen atoms in total. The second-order valence-electron chi connectivity index (χ2n) is 11.8. The summed E-state index contributed by atoms with van der Waals surface area (Å²) < 4.78 is 33.8. The number of hydrogen-bond acceptors (Lipinski definition) is 10. The lowest BCUT2D eigenvalue weighted by molar-refractivity contribution is -0.0916. The Morgan fingerprint density at radius 2 is 1.56 bits per heavy atom. The molecular formula is C36H40N2O8Si2. The van der Waals surface area contributed by atoms with Crippen molar-refractivity contribution in [2.45, 2.75) is 45.6 Å². The Morgan fingerprint density at radius 1 is 0.896 bits per heavy atom. The molecule has 0 saturated heterocycles. The van der Waals surface area contributed by atoms with Crippen molar-refractivity contribution in [2.75, 3.05) is 39.9 Å². The van der Waals surface area contributed by atoms with Gasteiger partial charge in [-0.1, -0.05) is 32.0 Å². The molecule has 1 aliphatic heterocycles. The minimum Gasteiger partial charge on any atom is -0.493 e. The summed E-state index contributed by atoms with van der Waals surface area (Å²) in [5.41, 5.74) is 3.24. The lowest BCUT2D eigenvalue weighted by Gasteiger charge is -2.45. The standard InChI is InChI=1S/C36H40N2O8Si2/c1-36(2,35(45-47-7)46-48-8)26-14-16-38(27-12-10-9-11-23(26)27)30-19-21(13-15-37-30)31-24-20-29(42-4)28(41-3)18-22(24)17-25(33(39)43-5)32(31)34(40)44-6/h9-13,15,17-20,26,35H,14,16H2,1-8H3/t26-/m0/s1. The van der Waals surface area contributed by atoms with Crippen molar-refractivity contribution in [2.24, 2.45) is 5.41 Å². The van der Waals surface area contributed by atoms with Gasteiger partial charge in [0.1, 0.15) is 12.1 Å². The predicted molar refractivity (Wildman–Crippen MR) is 187 cm³/mol. The highest BCUT2D eigenvalue weighted by Gasteiger charge is 2.43. The molecular weight excluding hydrogens is 645 g/mol. The number of methoxy groups -OCH3 is 4. The molecule has 1 aromatic heterocycles. The molecule has 1 atom stereocenters. The zero-order valence-electron chi connectivity index (χ0n) is 28.5. The van der Waals surface area contributed by atoms with Gasteiger partial charge in [0, 0.05) is 29.4 Å². The van der Waals surface area contributed by atoms with Crippen molar-refractivity contribution in [1.82, 2.24) is 4.98 Å². The van der Waals surface area contributed by atoms with E-state index in [1.54, 1.807) is 38.6 Å². The van der Waals surface area contributed by atoms with E-state index in [2.05, 4.69) is 36.9 Å². The molecule has 5 rings (SSSR count). The normalized spacial score (nSPS) is 14.5. The fourth-order valence-electron chi connectivity index (χ4n) is 6.61. The first-order chi connectivity index (χ1) is 23.1. The third-order valence-corrected chi connectivity index (χ3v) is 9.85. The molecule has 4 aromatic rings. The molecule has 0 amide bonds. The number of nitrogens with zero attached hydrogens (tertiary/aromatic N) is 2. The van der Waals surface area contributed by atoms with Crippen LogP contribution < -0.4 is 14.4 Å². The molecule has 48 heavy (non-hydrogen) atoms. The maximum absolute atomic E-state index is 13.5. The molecule has 4 radical (unpaired) electrons. The molecule has 3 aromatic carbocycles. The lowest BCUT2D eigenvalue weighted by atomic mass is 9.70. The second-order valence-corrected chi connectivity index (χ2v) is 13.1. The van der Waals surface area contributed by atoms with Crippen LogP contribution in [0.15, 0.2) is 60.8 Å². The van der Waals surface area contributed by atoms with Gasteiger partial charge in [0.2, 0.25) is 19.5 Å². The minimum atomic E-state index is -0.673. The molecule has 1 aliphatic rings. The molecule has 12 heteroatoms. The van der Waals surface area contributed by atoms with Crippen molar-refractivity contribution >= 4 is 53.7 Å². The summed E-state index contributed by atoms with van der Waals surface area (Å²) in [6, 6.07) is 17.3. The van der Waals surface area contributed by atoms with Crippen molar-refractivity contribution in [3.8, 4) is 22.6 Å². The van der Waals surface area contributed by atoms with Gasteiger partial charge >= 0.3 is 11.9 Å². The van der Waals surface area contributed by atoms with Crippen molar-refractivity contribution in [3.05, 3.63) is 77.5 Å². The largest absolute Gasteiger partial charge is 0.493 e. The summed E-state index contributed by atoms with van der Waals surface area (Å²) >= 11 is 0. The van der Waals surface area contributed by atoms with Crippen molar-refractivity contribution in [1.29, 1.82) is 0 Å². The highest BCUT2D eigenvalue weighted by Crippen LogP contribution is 2.50. The number of fused-ring (bicyclic) bond motifs is 2. The van der Waals surface area contributed by atoms with Gasteiger partial charge in [0.05, 0.1) is 39.6 Å². The van der Waals surface area contributed by atoms with Crippen LogP contribution in [0.3, 0.4) is 0 Å². The van der Waals surface area contributed by atoms with Crippen LogP contribution in [0.4, 0.5) is 11.5 Å². The van der Waals surface area contributed by atoms with Gasteiger partial charge in [-0.15, -0.1) is 0 Å². The summed E-state index contributed by atoms with van der Waals surface area (Å²) in [4.78, 5) is 33.6. The van der Waals surface area contributed by atoms with Gasteiger partial charge in [0.25, 0.3) is 0 Å². The lowest BCUT2D eigenvalue weighted by Crippen LogP contribution is -2.43. The van der Waals surface area contributed by atoms with Gasteiger partial charge < -0.3 is 32.7 Å². The number of carbonyl (C=O) groups excluding carboxylic acids is 2. The summed E-state index contributed by atoms with van der Waals surface area (Å²) in [6.45, 7) is 9.15. The van der Waals surface area contributed by atoms with Gasteiger partial charge in [-0.2, -0.15) is 0 Å². The number of aromatic nitrogens is 1. The monoisotopic (exact) mass is 684 g/mol. The van der Waals surface area contributed by atoms with Crippen molar-refractivity contribution < 1.29 is 37.4 Å². The Balaban J connectivity index is 1.70. The van der Waals surface area contributed by atoms with Gasteiger partial charge in [-0.3, -0.25) is 0 Å². The van der Waals surface area contributed by atoms with Crippen LogP contribution in [0.25, 0.3) is 21.9 Å². The Hall–Kier alpha value is -4.24. The number of pyridine rings is 1. The smallest absolute Gasteiger partial charge is 0.339 e. The summed E-state index contributed by atoms with van der Waals surface area (Å²) in [5, 5.41) is 1.32. The maximum Gasteiger partial charge on any atom is 0.339 e. The topological polar surface area (TPSA) is 106 Å². The van der Waals surface area contributed by atoms with E-state index in [0.29, 0.717) is 65.3 Å². The number of benzene rings is 3. The van der Waals surface area contributed by atoms with E-state index in [9.17, 15) is 9.59 Å². The third kappa shape index (κ3) is 6.45.